The summed E-state index contributed by atoms with van der Waals surface area (Å²) < 4.78 is 6.57. The number of nitrogens with zero attached hydrogens (tertiary/aromatic N) is 3. The van der Waals surface area contributed by atoms with Crippen molar-refractivity contribution in [3.8, 4) is 11.8 Å². The summed E-state index contributed by atoms with van der Waals surface area (Å²) in [5.41, 5.74) is 2.27. The minimum absolute atomic E-state index is 0.0637. The molecule has 0 radical (unpaired) electrons. The van der Waals surface area contributed by atoms with E-state index in [-0.39, 0.29) is 5.91 Å². The van der Waals surface area contributed by atoms with E-state index < -0.39 is 0 Å². The van der Waals surface area contributed by atoms with Crippen LogP contribution in [0.2, 0.25) is 0 Å². The van der Waals surface area contributed by atoms with Crippen LogP contribution in [0.5, 0.6) is 5.75 Å². The number of nitrogens with one attached hydrogen (secondary N) is 1. The molecule has 0 atom stereocenters. The van der Waals surface area contributed by atoms with Crippen LogP contribution in [0, 0.1) is 11.3 Å². The molecule has 130 valence electrons. The van der Waals surface area contributed by atoms with Crippen molar-refractivity contribution in [2.75, 3.05) is 5.75 Å². The second kappa shape index (κ2) is 8.65. The van der Waals surface area contributed by atoms with E-state index in [4.69, 9.17) is 10.00 Å². The number of thioether (sulfide) groups is 1. The van der Waals surface area contributed by atoms with Gasteiger partial charge < -0.3 is 10.1 Å². The maximum absolute atomic E-state index is 11.1. The summed E-state index contributed by atoms with van der Waals surface area (Å²) in [7, 11) is 0. The predicted octanol–water partition coefficient (Wildman–Crippen LogP) is 3.45. The number of rotatable bonds is 5. The normalized spacial score (nSPS) is 15.2. The molecule has 26 heavy (non-hydrogen) atoms. The van der Waals surface area contributed by atoms with Crippen LogP contribution in [-0.4, -0.2) is 23.0 Å². The maximum atomic E-state index is 11.1. The van der Waals surface area contributed by atoms with Crippen LogP contribution in [0.15, 0.2) is 57.1 Å². The number of carbonyl (C=O) groups is 1. The van der Waals surface area contributed by atoms with Crippen LogP contribution in [0.3, 0.4) is 0 Å². The number of amides is 1. The van der Waals surface area contributed by atoms with Crippen LogP contribution in [0.25, 0.3) is 0 Å². The van der Waals surface area contributed by atoms with E-state index in [9.17, 15) is 4.79 Å². The minimum Gasteiger partial charge on any atom is -0.488 e. The molecular formula is C18H13BrN4O2S. The van der Waals surface area contributed by atoms with Crippen LogP contribution < -0.4 is 10.1 Å². The van der Waals surface area contributed by atoms with E-state index in [0.717, 1.165) is 15.6 Å². The van der Waals surface area contributed by atoms with Crippen molar-refractivity contribution in [3.63, 3.8) is 0 Å². The van der Waals surface area contributed by atoms with Gasteiger partial charge in [-0.2, -0.15) is 10.4 Å². The van der Waals surface area contributed by atoms with E-state index in [1.54, 1.807) is 12.3 Å². The van der Waals surface area contributed by atoms with Gasteiger partial charge in [-0.15, -0.1) is 5.10 Å². The molecule has 2 aromatic rings. The lowest BCUT2D eigenvalue weighted by Crippen LogP contribution is -2.19. The predicted molar refractivity (Wildman–Crippen MR) is 105 cm³/mol. The van der Waals surface area contributed by atoms with Crippen molar-refractivity contribution in [2.24, 2.45) is 10.2 Å². The van der Waals surface area contributed by atoms with Crippen LogP contribution >= 0.6 is 27.7 Å². The Morgan fingerprint density at radius 3 is 2.92 bits per heavy atom. The number of halogens is 1. The van der Waals surface area contributed by atoms with Crippen molar-refractivity contribution in [3.05, 3.63) is 63.6 Å². The van der Waals surface area contributed by atoms with Gasteiger partial charge in [0.15, 0.2) is 5.17 Å². The van der Waals surface area contributed by atoms with E-state index in [0.29, 0.717) is 28.8 Å². The third-order valence-electron chi connectivity index (χ3n) is 3.42. The van der Waals surface area contributed by atoms with Gasteiger partial charge in [0.2, 0.25) is 5.91 Å². The summed E-state index contributed by atoms with van der Waals surface area (Å²) in [6.45, 7) is 0.306. The average Bonchev–Trinajstić information content (AvgIpc) is 3.06. The Hall–Kier alpha value is -2.63. The third-order valence-corrected chi connectivity index (χ3v) is 4.90. The quantitative estimate of drug-likeness (QED) is 0.583. The van der Waals surface area contributed by atoms with Gasteiger partial charge in [-0.3, -0.25) is 4.79 Å². The van der Waals surface area contributed by atoms with E-state index in [2.05, 4.69) is 37.5 Å². The topological polar surface area (TPSA) is 86.8 Å². The SMILES string of the molecule is N#Cc1ccccc1COc1ccc(C=NN=C2NC(=O)CS2)cc1Br. The van der Waals surface area contributed by atoms with Gasteiger partial charge >= 0.3 is 0 Å². The van der Waals surface area contributed by atoms with Crippen LogP contribution in [0.1, 0.15) is 16.7 Å². The summed E-state index contributed by atoms with van der Waals surface area (Å²) in [6, 6.07) is 15.0. The van der Waals surface area contributed by atoms with Gasteiger partial charge in [0.05, 0.1) is 28.1 Å². The molecule has 0 unspecified atom stereocenters. The van der Waals surface area contributed by atoms with E-state index in [1.165, 1.54) is 11.8 Å². The monoisotopic (exact) mass is 428 g/mol. The first-order valence-electron chi connectivity index (χ1n) is 7.60. The number of hydrogen-bond donors (Lipinski definition) is 1. The molecule has 0 bridgehead atoms. The molecule has 0 aliphatic carbocycles. The molecular weight excluding hydrogens is 416 g/mol. The van der Waals surface area contributed by atoms with Crippen molar-refractivity contribution in [2.45, 2.75) is 6.61 Å². The fourth-order valence-electron chi connectivity index (χ4n) is 2.15. The zero-order valence-corrected chi connectivity index (χ0v) is 15.9. The molecule has 1 heterocycles. The van der Waals surface area contributed by atoms with Crippen LogP contribution in [-0.2, 0) is 11.4 Å². The second-order valence-electron chi connectivity index (χ2n) is 5.23. The fourth-order valence-corrected chi connectivity index (χ4v) is 3.29. The standard InChI is InChI=1S/C18H13BrN4O2S/c19-15-7-12(9-21-23-18-22-17(24)11-26-18)5-6-16(15)25-10-14-4-2-1-3-13(14)8-20/h1-7,9H,10-11H2,(H,22,23,24). The zero-order chi connectivity index (χ0) is 18.4. The number of amidine groups is 1. The Morgan fingerprint density at radius 2 is 2.19 bits per heavy atom. The molecule has 1 aliphatic heterocycles. The lowest BCUT2D eigenvalue weighted by atomic mass is 10.1. The Labute approximate surface area is 163 Å². The Bertz CT molecular complexity index is 937. The van der Waals surface area contributed by atoms with Crippen molar-refractivity contribution in [1.82, 2.24) is 5.32 Å². The van der Waals surface area contributed by atoms with Crippen molar-refractivity contribution in [1.29, 1.82) is 5.26 Å². The Kier molecular flexibility index (Phi) is 6.04. The molecule has 8 heteroatoms. The van der Waals surface area contributed by atoms with Gasteiger partial charge in [-0.05, 0) is 45.8 Å². The highest BCUT2D eigenvalue weighted by molar-refractivity contribution is 9.10. The first-order chi connectivity index (χ1) is 12.7. The van der Waals surface area contributed by atoms with Gasteiger partial charge in [0.1, 0.15) is 12.4 Å². The number of benzene rings is 2. The molecule has 1 saturated heterocycles. The molecule has 0 aromatic heterocycles. The third kappa shape index (κ3) is 4.71. The summed E-state index contributed by atoms with van der Waals surface area (Å²) in [6.07, 6.45) is 1.59. The van der Waals surface area contributed by atoms with Crippen molar-refractivity contribution >= 4 is 45.0 Å². The smallest absolute Gasteiger partial charge is 0.236 e. The molecule has 3 rings (SSSR count). The van der Waals surface area contributed by atoms with E-state index in [1.807, 2.05) is 36.4 Å². The second-order valence-corrected chi connectivity index (χ2v) is 7.05. The van der Waals surface area contributed by atoms with Gasteiger partial charge in [0.25, 0.3) is 0 Å². The minimum atomic E-state index is -0.0637. The molecule has 1 fully saturated rings. The first kappa shape index (κ1) is 18.2. The Balaban J connectivity index is 1.64. The lowest BCUT2D eigenvalue weighted by molar-refractivity contribution is -0.116. The van der Waals surface area contributed by atoms with E-state index >= 15 is 0 Å². The molecule has 6 nitrogen and oxygen atoms in total. The average molecular weight is 429 g/mol. The first-order valence-corrected chi connectivity index (χ1v) is 9.37. The largest absolute Gasteiger partial charge is 0.488 e. The fraction of sp³-hybridized carbons (Fsp3) is 0.111. The highest BCUT2D eigenvalue weighted by Crippen LogP contribution is 2.26. The number of carbonyl (C=O) groups excluding carboxylic acids is 1. The maximum Gasteiger partial charge on any atom is 0.236 e. The molecule has 1 aliphatic rings. The summed E-state index contributed by atoms with van der Waals surface area (Å²) >= 11 is 4.80. The number of nitriles is 1. The summed E-state index contributed by atoms with van der Waals surface area (Å²) in [5.74, 6) is 0.979. The van der Waals surface area contributed by atoms with Crippen molar-refractivity contribution < 1.29 is 9.53 Å². The Morgan fingerprint density at radius 1 is 1.35 bits per heavy atom. The molecule has 1 amide bonds. The number of ether oxygens (including phenoxy) is 1. The van der Waals surface area contributed by atoms with Gasteiger partial charge in [-0.25, -0.2) is 0 Å². The highest BCUT2D eigenvalue weighted by atomic mass is 79.9. The molecule has 0 saturated carbocycles. The molecule has 1 N–H and O–H groups in total. The van der Waals surface area contributed by atoms with Crippen LogP contribution in [0.4, 0.5) is 0 Å². The highest BCUT2D eigenvalue weighted by Gasteiger charge is 2.15. The molecule has 2 aromatic carbocycles. The van der Waals surface area contributed by atoms with Gasteiger partial charge in [0, 0.05) is 5.56 Å². The van der Waals surface area contributed by atoms with Gasteiger partial charge in [-0.1, -0.05) is 30.0 Å². The molecule has 0 spiro atoms. The number of hydrogen-bond acceptors (Lipinski definition) is 6. The lowest BCUT2D eigenvalue weighted by Gasteiger charge is -2.09. The zero-order valence-electron chi connectivity index (χ0n) is 13.5. The summed E-state index contributed by atoms with van der Waals surface area (Å²) in [4.78, 5) is 11.1. The summed E-state index contributed by atoms with van der Waals surface area (Å²) in [5, 5.41) is 20.2.